The van der Waals surface area contributed by atoms with Crippen molar-refractivity contribution in [1.29, 1.82) is 0 Å². The molecule has 4 aromatic rings. The van der Waals surface area contributed by atoms with E-state index < -0.39 is 15.9 Å². The third-order valence-electron chi connectivity index (χ3n) is 6.58. The van der Waals surface area contributed by atoms with Crippen LogP contribution in [0.15, 0.2) is 67.3 Å². The minimum Gasteiger partial charge on any atom is -0.367 e. The minimum atomic E-state index is -3.68. The second-order valence-electron chi connectivity index (χ2n) is 9.43. The molecule has 0 spiro atoms. The van der Waals surface area contributed by atoms with E-state index in [1.165, 1.54) is 28.8 Å². The standard InChI is InChI=1S/C26H28F2N6O2S/c1-19-7-8-23(29-15-19)26(27,28)17-33-12-9-21(10-13-33)32-24-22-11-14-34(25(22)31-18-30-24)37(35,36)16-20-5-3-2-4-6-20/h2-8,11,14-15,18,21H,9-10,12-13,16-17H2,1H3,(H,30,31,32). The Morgan fingerprint density at radius 2 is 1.78 bits per heavy atom. The highest BCUT2D eigenvalue weighted by Gasteiger charge is 2.36. The molecule has 1 aliphatic rings. The average Bonchev–Trinajstić information content (AvgIpc) is 3.32. The van der Waals surface area contributed by atoms with Crippen LogP contribution in [0, 0.1) is 6.92 Å². The van der Waals surface area contributed by atoms with Crippen LogP contribution >= 0.6 is 0 Å². The molecule has 11 heteroatoms. The van der Waals surface area contributed by atoms with E-state index in [0.29, 0.717) is 48.3 Å². The van der Waals surface area contributed by atoms with Gasteiger partial charge in [-0.15, -0.1) is 0 Å². The molecule has 1 aliphatic heterocycles. The number of halogens is 2. The Kier molecular flexibility index (Phi) is 6.91. The molecule has 0 bridgehead atoms. The van der Waals surface area contributed by atoms with Crippen LogP contribution in [0.4, 0.5) is 14.6 Å². The summed E-state index contributed by atoms with van der Waals surface area (Å²) in [5.41, 5.74) is 1.62. The lowest BCUT2D eigenvalue weighted by Gasteiger charge is -2.34. The normalized spacial score (nSPS) is 15.8. The van der Waals surface area contributed by atoms with E-state index in [1.54, 1.807) is 41.3 Å². The molecule has 1 fully saturated rings. The van der Waals surface area contributed by atoms with Crippen LogP contribution in [0.25, 0.3) is 11.0 Å². The number of alkyl halides is 2. The molecule has 0 aliphatic carbocycles. The number of fused-ring (bicyclic) bond motifs is 1. The van der Waals surface area contributed by atoms with Crippen molar-refractivity contribution in [3.8, 4) is 0 Å². The van der Waals surface area contributed by atoms with Gasteiger partial charge in [-0.1, -0.05) is 36.4 Å². The SMILES string of the molecule is Cc1ccc(C(F)(F)CN2CCC(Nc3ncnc4c3ccn4S(=O)(=O)Cc3ccccc3)CC2)nc1. The second-order valence-corrected chi connectivity index (χ2v) is 11.3. The lowest BCUT2D eigenvalue weighted by Crippen LogP contribution is -2.44. The maximum atomic E-state index is 14.7. The molecule has 0 atom stereocenters. The van der Waals surface area contributed by atoms with E-state index in [-0.39, 0.29) is 24.0 Å². The third-order valence-corrected chi connectivity index (χ3v) is 8.17. The van der Waals surface area contributed by atoms with Gasteiger partial charge in [0.25, 0.3) is 0 Å². The Bertz CT molecular complexity index is 1470. The molecule has 0 saturated carbocycles. The zero-order valence-corrected chi connectivity index (χ0v) is 21.2. The second kappa shape index (κ2) is 10.1. The summed E-state index contributed by atoms with van der Waals surface area (Å²) in [6.45, 7) is 2.44. The van der Waals surface area contributed by atoms with Gasteiger partial charge in [0, 0.05) is 31.5 Å². The van der Waals surface area contributed by atoms with Gasteiger partial charge in [0.05, 0.1) is 17.7 Å². The molecule has 1 aromatic carbocycles. The van der Waals surface area contributed by atoms with Crippen LogP contribution in [-0.2, 0) is 21.7 Å². The summed E-state index contributed by atoms with van der Waals surface area (Å²) in [6, 6.07) is 13.7. The van der Waals surface area contributed by atoms with Gasteiger partial charge in [0.1, 0.15) is 17.8 Å². The number of rotatable bonds is 8. The summed E-state index contributed by atoms with van der Waals surface area (Å²) in [5, 5.41) is 3.97. The number of hydrogen-bond donors (Lipinski definition) is 1. The fourth-order valence-electron chi connectivity index (χ4n) is 4.60. The number of anilines is 1. The number of aryl methyl sites for hydroxylation is 1. The number of pyridine rings is 1. The molecular formula is C26H28F2N6O2S. The summed E-state index contributed by atoms with van der Waals surface area (Å²) in [4.78, 5) is 14.2. The van der Waals surface area contributed by atoms with Crippen LogP contribution in [0.5, 0.6) is 0 Å². The molecule has 4 heterocycles. The smallest absolute Gasteiger partial charge is 0.302 e. The quantitative estimate of drug-likeness (QED) is 0.368. The predicted molar refractivity (Wildman–Crippen MR) is 138 cm³/mol. The first-order chi connectivity index (χ1) is 17.7. The highest BCUT2D eigenvalue weighted by Crippen LogP contribution is 2.30. The lowest BCUT2D eigenvalue weighted by molar-refractivity contribution is -0.0457. The summed E-state index contributed by atoms with van der Waals surface area (Å²) < 4.78 is 56.8. The topological polar surface area (TPSA) is 93.0 Å². The molecule has 8 nitrogen and oxygen atoms in total. The molecule has 0 unspecified atom stereocenters. The van der Waals surface area contributed by atoms with Crippen molar-refractivity contribution in [3.63, 3.8) is 0 Å². The predicted octanol–water partition coefficient (Wildman–Crippen LogP) is 4.18. The maximum Gasteiger partial charge on any atom is 0.302 e. The van der Waals surface area contributed by atoms with Gasteiger partial charge < -0.3 is 5.32 Å². The first-order valence-electron chi connectivity index (χ1n) is 12.1. The van der Waals surface area contributed by atoms with Crippen molar-refractivity contribution in [3.05, 3.63) is 84.1 Å². The van der Waals surface area contributed by atoms with Crippen molar-refractivity contribution < 1.29 is 17.2 Å². The molecule has 3 aromatic heterocycles. The van der Waals surface area contributed by atoms with Crippen LogP contribution in [0.3, 0.4) is 0 Å². The Morgan fingerprint density at radius 3 is 2.49 bits per heavy atom. The lowest BCUT2D eigenvalue weighted by atomic mass is 10.0. The van der Waals surface area contributed by atoms with Crippen molar-refractivity contribution in [2.75, 3.05) is 25.0 Å². The largest absolute Gasteiger partial charge is 0.367 e. The van der Waals surface area contributed by atoms with Gasteiger partial charge in [-0.2, -0.15) is 8.78 Å². The van der Waals surface area contributed by atoms with Gasteiger partial charge >= 0.3 is 5.92 Å². The number of benzene rings is 1. The van der Waals surface area contributed by atoms with Crippen molar-refractivity contribution >= 4 is 26.9 Å². The van der Waals surface area contributed by atoms with Gasteiger partial charge in [0.2, 0.25) is 10.0 Å². The zero-order chi connectivity index (χ0) is 26.0. The average molecular weight is 527 g/mol. The van der Waals surface area contributed by atoms with Crippen molar-refractivity contribution in [1.82, 2.24) is 23.8 Å². The van der Waals surface area contributed by atoms with Gasteiger partial charge in [0.15, 0.2) is 5.65 Å². The minimum absolute atomic E-state index is 0.0183. The highest BCUT2D eigenvalue weighted by molar-refractivity contribution is 7.89. The van der Waals surface area contributed by atoms with E-state index >= 15 is 0 Å². The fourth-order valence-corrected chi connectivity index (χ4v) is 6.00. The molecule has 0 amide bonds. The van der Waals surface area contributed by atoms with Crippen molar-refractivity contribution in [2.45, 2.75) is 37.5 Å². The van der Waals surface area contributed by atoms with Crippen molar-refractivity contribution in [2.24, 2.45) is 0 Å². The maximum absolute atomic E-state index is 14.7. The molecule has 37 heavy (non-hydrogen) atoms. The number of nitrogens with one attached hydrogen (secondary N) is 1. The summed E-state index contributed by atoms with van der Waals surface area (Å²) in [6.07, 6.45) is 5.59. The molecule has 0 radical (unpaired) electrons. The van der Waals surface area contributed by atoms with E-state index in [1.807, 2.05) is 13.0 Å². The highest BCUT2D eigenvalue weighted by atomic mass is 32.2. The van der Waals surface area contributed by atoms with Gasteiger partial charge in [-0.05, 0) is 43.0 Å². The number of aromatic nitrogens is 4. The Labute approximate surface area is 214 Å². The van der Waals surface area contributed by atoms with Gasteiger partial charge in [-0.3, -0.25) is 9.88 Å². The summed E-state index contributed by atoms with van der Waals surface area (Å²) >= 11 is 0. The first-order valence-corrected chi connectivity index (χ1v) is 13.7. The molecule has 5 rings (SSSR count). The third kappa shape index (κ3) is 5.62. The fraction of sp³-hybridized carbons (Fsp3) is 0.346. The van der Waals surface area contributed by atoms with Crippen LogP contribution in [-0.4, -0.2) is 57.9 Å². The zero-order valence-electron chi connectivity index (χ0n) is 20.4. The number of likely N-dealkylation sites (tertiary alicyclic amines) is 1. The van der Waals surface area contributed by atoms with Crippen LogP contribution < -0.4 is 5.32 Å². The molecule has 1 saturated heterocycles. The summed E-state index contributed by atoms with van der Waals surface area (Å²) in [7, 11) is -3.68. The van der Waals surface area contributed by atoms with E-state index in [9.17, 15) is 17.2 Å². The van der Waals surface area contributed by atoms with E-state index in [2.05, 4.69) is 20.3 Å². The monoisotopic (exact) mass is 526 g/mol. The first kappa shape index (κ1) is 25.2. The Balaban J connectivity index is 1.24. The Hall–Kier alpha value is -3.44. The summed E-state index contributed by atoms with van der Waals surface area (Å²) in [5.74, 6) is -2.64. The van der Waals surface area contributed by atoms with Gasteiger partial charge in [-0.25, -0.2) is 22.4 Å². The van der Waals surface area contributed by atoms with Crippen LogP contribution in [0.1, 0.15) is 29.7 Å². The number of hydrogen-bond acceptors (Lipinski definition) is 7. The number of piperidine rings is 1. The van der Waals surface area contributed by atoms with Crippen LogP contribution in [0.2, 0.25) is 0 Å². The number of nitrogens with zero attached hydrogens (tertiary/aromatic N) is 5. The van der Waals surface area contributed by atoms with E-state index in [0.717, 1.165) is 5.56 Å². The molecule has 1 N–H and O–H groups in total. The molecular weight excluding hydrogens is 498 g/mol. The Morgan fingerprint density at radius 1 is 1.03 bits per heavy atom. The molecule has 194 valence electrons. The van der Waals surface area contributed by atoms with E-state index in [4.69, 9.17) is 0 Å².